The maximum absolute atomic E-state index is 12.7. The van der Waals surface area contributed by atoms with Gasteiger partial charge in [-0.1, -0.05) is 42.5 Å². The van der Waals surface area contributed by atoms with Crippen molar-refractivity contribution in [3.63, 3.8) is 0 Å². The Kier molecular flexibility index (Phi) is 6.59. The predicted molar refractivity (Wildman–Crippen MR) is 116 cm³/mol. The molecule has 170 valence electrons. The summed E-state index contributed by atoms with van der Waals surface area (Å²) in [7, 11) is 0. The fourth-order valence-corrected chi connectivity index (χ4v) is 4.17. The van der Waals surface area contributed by atoms with Crippen LogP contribution in [0.5, 0.6) is 5.75 Å². The first kappa shape index (κ1) is 22.4. The van der Waals surface area contributed by atoms with Crippen LogP contribution in [0.25, 0.3) is 6.08 Å². The summed E-state index contributed by atoms with van der Waals surface area (Å²) in [5.41, 5.74) is 2.78. The highest BCUT2D eigenvalue weighted by atomic mass is 16.7. The zero-order valence-electron chi connectivity index (χ0n) is 17.6. The second-order valence-electron chi connectivity index (χ2n) is 8.23. The molecule has 1 saturated carbocycles. The highest BCUT2D eigenvalue weighted by Crippen LogP contribution is 2.30. The number of aliphatic hydroxyl groups is 3. The molecule has 6 atom stereocenters. The topological polar surface area (TPSA) is 128 Å². The van der Waals surface area contributed by atoms with Crippen LogP contribution < -0.4 is 5.32 Å². The Morgan fingerprint density at radius 3 is 2.41 bits per heavy atom. The molecule has 8 heteroatoms. The molecule has 0 radical (unpaired) electrons. The second kappa shape index (κ2) is 9.40. The quantitative estimate of drug-likeness (QED) is 0.432. The molecule has 0 aromatic heterocycles. The van der Waals surface area contributed by atoms with Gasteiger partial charge in [0.25, 0.3) is 0 Å². The number of fused-ring (bicyclic) bond motifs is 1. The minimum absolute atomic E-state index is 0.0977. The van der Waals surface area contributed by atoms with E-state index in [1.54, 1.807) is 25.1 Å². The van der Waals surface area contributed by atoms with Gasteiger partial charge < -0.3 is 35.2 Å². The molecule has 2 fully saturated rings. The van der Waals surface area contributed by atoms with Crippen LogP contribution >= 0.6 is 0 Å². The average Bonchev–Trinajstić information content (AvgIpc) is 3.28. The van der Waals surface area contributed by atoms with E-state index in [4.69, 9.17) is 9.47 Å². The van der Waals surface area contributed by atoms with Gasteiger partial charge in [0, 0.05) is 12.0 Å². The lowest BCUT2D eigenvalue weighted by molar-refractivity contribution is -0.155. The second-order valence-corrected chi connectivity index (χ2v) is 8.23. The molecule has 2 aromatic carbocycles. The fraction of sp³-hybridized carbons (Fsp3) is 0.375. The van der Waals surface area contributed by atoms with Crippen molar-refractivity contribution in [2.75, 3.05) is 6.79 Å². The van der Waals surface area contributed by atoms with E-state index in [1.807, 2.05) is 36.4 Å². The van der Waals surface area contributed by atoms with Crippen molar-refractivity contribution in [2.24, 2.45) is 0 Å². The summed E-state index contributed by atoms with van der Waals surface area (Å²) in [5.74, 6) is -0.396. The summed E-state index contributed by atoms with van der Waals surface area (Å²) in [6.07, 6.45) is -3.44. The van der Waals surface area contributed by atoms with E-state index >= 15 is 0 Å². The average molecular weight is 441 g/mol. The summed E-state index contributed by atoms with van der Waals surface area (Å²) >= 11 is 0. The molecule has 4 rings (SSSR count). The van der Waals surface area contributed by atoms with Crippen LogP contribution in [0.1, 0.15) is 23.6 Å². The number of phenols is 1. The third-order valence-electron chi connectivity index (χ3n) is 5.99. The number of amides is 1. The molecule has 1 aliphatic carbocycles. The van der Waals surface area contributed by atoms with Crippen molar-refractivity contribution >= 4 is 12.0 Å². The van der Waals surface area contributed by atoms with Crippen molar-refractivity contribution in [1.82, 2.24) is 5.32 Å². The number of hydrogen-bond donors (Lipinski definition) is 5. The van der Waals surface area contributed by atoms with Crippen LogP contribution in [-0.2, 0) is 20.7 Å². The number of aromatic hydroxyl groups is 1. The van der Waals surface area contributed by atoms with Gasteiger partial charge in [-0.05, 0) is 35.8 Å². The summed E-state index contributed by atoms with van der Waals surface area (Å²) in [6, 6.07) is 13.9. The number of carbonyl (C=O) groups is 1. The molecule has 2 aromatic rings. The first-order valence-corrected chi connectivity index (χ1v) is 10.5. The number of aliphatic hydroxyl groups excluding tert-OH is 3. The molecular formula is C24H27NO7. The fourth-order valence-electron chi connectivity index (χ4n) is 4.17. The highest BCUT2D eigenvalue weighted by molar-refractivity contribution is 5.97. The molecule has 1 saturated heterocycles. The Balaban J connectivity index is 1.44. The van der Waals surface area contributed by atoms with E-state index in [-0.39, 0.29) is 12.5 Å². The van der Waals surface area contributed by atoms with Gasteiger partial charge in [0.2, 0.25) is 5.91 Å². The maximum atomic E-state index is 12.7. The number of nitrogens with one attached hydrogen (secondary N) is 1. The first-order valence-electron chi connectivity index (χ1n) is 10.5. The lowest BCUT2D eigenvalue weighted by Gasteiger charge is -2.41. The molecule has 0 bridgehead atoms. The Labute approximate surface area is 185 Å². The molecule has 1 amide bonds. The van der Waals surface area contributed by atoms with Crippen LogP contribution in [0.2, 0.25) is 0 Å². The monoisotopic (exact) mass is 441 g/mol. The van der Waals surface area contributed by atoms with Crippen molar-refractivity contribution in [3.05, 3.63) is 70.8 Å². The molecule has 1 heterocycles. The van der Waals surface area contributed by atoms with Gasteiger partial charge in [-0.25, -0.2) is 0 Å². The van der Waals surface area contributed by atoms with E-state index in [2.05, 4.69) is 5.32 Å². The summed E-state index contributed by atoms with van der Waals surface area (Å²) in [4.78, 5) is 12.7. The Morgan fingerprint density at radius 2 is 1.72 bits per heavy atom. The van der Waals surface area contributed by atoms with Crippen molar-refractivity contribution in [1.29, 1.82) is 0 Å². The number of phenolic OH excluding ortho intramolecular Hbond substituents is 1. The lowest BCUT2D eigenvalue weighted by atomic mass is 9.83. The van der Waals surface area contributed by atoms with Gasteiger partial charge in [-0.2, -0.15) is 0 Å². The van der Waals surface area contributed by atoms with Gasteiger partial charge in [-0.3, -0.25) is 4.79 Å². The van der Waals surface area contributed by atoms with E-state index in [9.17, 15) is 25.2 Å². The predicted octanol–water partition coefficient (Wildman–Crippen LogP) is 0.709. The minimum atomic E-state index is -1.41. The van der Waals surface area contributed by atoms with Crippen molar-refractivity contribution in [3.8, 4) is 5.75 Å². The van der Waals surface area contributed by atoms with Crippen molar-refractivity contribution < 1.29 is 34.7 Å². The summed E-state index contributed by atoms with van der Waals surface area (Å²) in [5, 5.41) is 44.0. The minimum Gasteiger partial charge on any atom is -0.508 e. The maximum Gasteiger partial charge on any atom is 0.247 e. The third-order valence-corrected chi connectivity index (χ3v) is 5.99. The highest BCUT2D eigenvalue weighted by Gasteiger charge is 2.53. The summed E-state index contributed by atoms with van der Waals surface area (Å²) in [6.45, 7) is 1.49. The van der Waals surface area contributed by atoms with Crippen LogP contribution in [0, 0.1) is 0 Å². The molecule has 2 aliphatic rings. The number of benzene rings is 2. The summed E-state index contributed by atoms with van der Waals surface area (Å²) < 4.78 is 10.5. The molecule has 0 unspecified atom stereocenters. The number of rotatable bonds is 5. The first-order chi connectivity index (χ1) is 15.3. The molecule has 0 spiro atoms. The largest absolute Gasteiger partial charge is 0.508 e. The third kappa shape index (κ3) is 4.55. The number of carbonyl (C=O) groups excluding carboxylic acids is 1. The van der Waals surface area contributed by atoms with Gasteiger partial charge in [0.1, 0.15) is 43.1 Å². The van der Waals surface area contributed by atoms with Crippen LogP contribution in [0.4, 0.5) is 0 Å². The van der Waals surface area contributed by atoms with Gasteiger partial charge in [0.15, 0.2) is 0 Å². The van der Waals surface area contributed by atoms with Gasteiger partial charge in [-0.15, -0.1) is 0 Å². The Bertz CT molecular complexity index is 993. The Hall–Kier alpha value is -2.75. The van der Waals surface area contributed by atoms with E-state index in [1.165, 1.54) is 0 Å². The molecule has 5 N–H and O–H groups in total. The molecule has 8 nitrogen and oxygen atoms in total. The van der Waals surface area contributed by atoms with E-state index < -0.39 is 42.5 Å². The van der Waals surface area contributed by atoms with Crippen LogP contribution in [0.3, 0.4) is 0 Å². The van der Waals surface area contributed by atoms with E-state index in [0.29, 0.717) is 17.6 Å². The normalized spacial score (nSPS) is 30.1. The Morgan fingerprint density at radius 1 is 1.03 bits per heavy atom. The molecule has 1 aliphatic heterocycles. The zero-order chi connectivity index (χ0) is 22.8. The van der Waals surface area contributed by atoms with Crippen LogP contribution in [0.15, 0.2) is 54.1 Å². The van der Waals surface area contributed by atoms with Gasteiger partial charge in [0.05, 0.1) is 6.04 Å². The molecule has 32 heavy (non-hydrogen) atoms. The SMILES string of the molecule is C/C(=C\c1ccc(Cc2ccccc2)c(O)c1)C(=O)N[C@@H]1[C@H](O)[C@@H](O)[C@H]2OCO[C@H]2[C@@H]1O. The van der Waals surface area contributed by atoms with Gasteiger partial charge >= 0.3 is 0 Å². The molecular weight excluding hydrogens is 414 g/mol. The lowest BCUT2D eigenvalue weighted by Crippen LogP contribution is -2.67. The standard InChI is InChI=1S/C24H27NO7/c1-13(9-15-7-8-16(17(26)11-15)10-14-5-3-2-4-6-14)24(30)25-18-19(27)21(29)23-22(20(18)28)31-12-32-23/h2-9,11,18-23,26-29H,10,12H2,1H3,(H,25,30)/b13-9+/t18-,19+,20-,21-,22+,23-/m1/s1. The zero-order valence-corrected chi connectivity index (χ0v) is 17.6. The van der Waals surface area contributed by atoms with Crippen molar-refractivity contribution in [2.45, 2.75) is 49.9 Å². The van der Waals surface area contributed by atoms with Crippen LogP contribution in [-0.4, -0.2) is 69.7 Å². The number of hydrogen-bond acceptors (Lipinski definition) is 7. The number of ether oxygens (including phenoxy) is 2. The smallest absolute Gasteiger partial charge is 0.247 e. The van der Waals surface area contributed by atoms with E-state index in [0.717, 1.165) is 11.1 Å².